The van der Waals surface area contributed by atoms with Gasteiger partial charge in [-0.25, -0.2) is 4.79 Å². The van der Waals surface area contributed by atoms with Crippen molar-refractivity contribution in [2.75, 3.05) is 20.1 Å². The molecule has 1 aliphatic rings. The maximum absolute atomic E-state index is 11.8. The molecule has 1 rings (SSSR count). The minimum atomic E-state index is -1.06. The minimum absolute atomic E-state index is 0.114. The molecular weight excluding hydrogens is 248 g/mol. The molecule has 1 heterocycles. The van der Waals surface area contributed by atoms with E-state index in [1.165, 1.54) is 16.7 Å². The lowest BCUT2D eigenvalue weighted by Crippen LogP contribution is -2.71. The molecule has 1 N–H and O–H groups in total. The van der Waals surface area contributed by atoms with E-state index in [2.05, 4.69) is 0 Å². The van der Waals surface area contributed by atoms with Crippen molar-refractivity contribution in [3.63, 3.8) is 0 Å². The molecule has 0 spiro atoms. The Labute approximate surface area is 114 Å². The molecule has 0 saturated carbocycles. The number of aliphatic hydroxyl groups is 1. The van der Waals surface area contributed by atoms with E-state index in [4.69, 9.17) is 4.74 Å². The van der Waals surface area contributed by atoms with Crippen LogP contribution in [0, 0.1) is 0 Å². The molecule has 0 bridgehead atoms. The van der Waals surface area contributed by atoms with E-state index in [9.17, 15) is 14.7 Å². The molecule has 0 aromatic rings. The first-order valence-corrected chi connectivity index (χ1v) is 6.40. The van der Waals surface area contributed by atoms with Gasteiger partial charge in [-0.15, -0.1) is 0 Å². The van der Waals surface area contributed by atoms with Gasteiger partial charge in [-0.2, -0.15) is 0 Å². The van der Waals surface area contributed by atoms with Crippen LogP contribution in [0.3, 0.4) is 0 Å². The highest BCUT2D eigenvalue weighted by Gasteiger charge is 2.50. The number of likely N-dealkylation sites (N-methyl/N-ethyl adjacent to an activating group) is 1. The second kappa shape index (κ2) is 5.00. The Bertz CT molecular complexity index is 369. The second-order valence-electron chi connectivity index (χ2n) is 6.25. The third-order valence-electron chi connectivity index (χ3n) is 3.44. The normalized spacial score (nSPS) is 19.4. The molecule has 1 saturated heterocycles. The highest BCUT2D eigenvalue weighted by molar-refractivity contribution is 5.74. The number of ether oxygens (including phenoxy) is 1. The molecule has 0 radical (unpaired) electrons. The number of β-amino-alcohol motifs (C(OH)–C–C–N with tert-alkyl or cyclic N) is 1. The van der Waals surface area contributed by atoms with Gasteiger partial charge in [0.05, 0.1) is 19.1 Å². The predicted octanol–water partition coefficient (Wildman–Crippen LogP) is 0.835. The summed E-state index contributed by atoms with van der Waals surface area (Å²) in [5, 5.41) is 10.4. The summed E-state index contributed by atoms with van der Waals surface area (Å²) in [6, 6.07) is -0.344. The average Bonchev–Trinajstić information content (AvgIpc) is 2.19. The largest absolute Gasteiger partial charge is 0.444 e. The van der Waals surface area contributed by atoms with E-state index in [1.807, 2.05) is 0 Å². The van der Waals surface area contributed by atoms with Gasteiger partial charge in [0.25, 0.3) is 0 Å². The van der Waals surface area contributed by atoms with Crippen molar-refractivity contribution < 1.29 is 19.4 Å². The van der Waals surface area contributed by atoms with E-state index in [0.29, 0.717) is 0 Å². The third kappa shape index (κ3) is 3.59. The number of amides is 2. The molecule has 1 atom stereocenters. The number of hydrogen-bond acceptors (Lipinski definition) is 4. The number of rotatable bonds is 2. The number of nitrogens with zero attached hydrogens (tertiary/aromatic N) is 2. The SMILES string of the molecule is CC(=O)N(C)C(C)C1(O)CN(C(=O)OC(C)(C)C)C1. The summed E-state index contributed by atoms with van der Waals surface area (Å²) in [4.78, 5) is 26.0. The quantitative estimate of drug-likeness (QED) is 0.808. The van der Waals surface area contributed by atoms with Crippen LogP contribution in [0.15, 0.2) is 0 Å². The van der Waals surface area contributed by atoms with Gasteiger partial charge < -0.3 is 19.6 Å². The maximum atomic E-state index is 11.8. The maximum Gasteiger partial charge on any atom is 0.410 e. The fraction of sp³-hybridized carbons (Fsp3) is 0.846. The van der Waals surface area contributed by atoms with Gasteiger partial charge in [-0.1, -0.05) is 0 Å². The first-order valence-electron chi connectivity index (χ1n) is 6.40. The molecule has 2 amide bonds. The van der Waals surface area contributed by atoms with Crippen LogP contribution in [0.25, 0.3) is 0 Å². The highest BCUT2D eigenvalue weighted by Crippen LogP contribution is 2.28. The average molecular weight is 272 g/mol. The van der Waals surface area contributed by atoms with Gasteiger partial charge in [0.2, 0.25) is 5.91 Å². The topological polar surface area (TPSA) is 70.1 Å². The van der Waals surface area contributed by atoms with Crippen LogP contribution in [0.2, 0.25) is 0 Å². The summed E-state index contributed by atoms with van der Waals surface area (Å²) in [5.41, 5.74) is -1.61. The summed E-state index contributed by atoms with van der Waals surface area (Å²) in [6.45, 7) is 8.97. The lowest BCUT2D eigenvalue weighted by Gasteiger charge is -2.51. The van der Waals surface area contributed by atoms with E-state index in [-0.39, 0.29) is 25.0 Å². The fourth-order valence-corrected chi connectivity index (χ4v) is 1.97. The summed E-state index contributed by atoms with van der Waals surface area (Å²) in [7, 11) is 1.64. The highest BCUT2D eigenvalue weighted by atomic mass is 16.6. The fourth-order valence-electron chi connectivity index (χ4n) is 1.97. The monoisotopic (exact) mass is 272 g/mol. The number of carbonyl (C=O) groups is 2. The third-order valence-corrected chi connectivity index (χ3v) is 3.44. The van der Waals surface area contributed by atoms with Crippen LogP contribution in [0.5, 0.6) is 0 Å². The molecule has 1 aliphatic heterocycles. The summed E-state index contributed by atoms with van der Waals surface area (Å²) in [5.74, 6) is -0.114. The van der Waals surface area contributed by atoms with E-state index < -0.39 is 17.3 Å². The zero-order chi connectivity index (χ0) is 15.0. The molecule has 0 aromatic heterocycles. The molecule has 6 nitrogen and oxygen atoms in total. The Morgan fingerprint density at radius 3 is 2.21 bits per heavy atom. The van der Waals surface area contributed by atoms with Crippen molar-refractivity contribution in [1.82, 2.24) is 9.80 Å². The molecule has 110 valence electrons. The molecule has 19 heavy (non-hydrogen) atoms. The van der Waals surface area contributed by atoms with Crippen LogP contribution in [0.1, 0.15) is 34.6 Å². The Balaban J connectivity index is 2.56. The van der Waals surface area contributed by atoms with Crippen molar-refractivity contribution in [2.45, 2.75) is 51.9 Å². The molecular formula is C13H24N2O4. The van der Waals surface area contributed by atoms with Gasteiger partial charge >= 0.3 is 6.09 Å². The van der Waals surface area contributed by atoms with E-state index in [1.54, 1.807) is 34.7 Å². The van der Waals surface area contributed by atoms with Crippen LogP contribution < -0.4 is 0 Å². The van der Waals surface area contributed by atoms with Gasteiger partial charge in [0, 0.05) is 14.0 Å². The van der Waals surface area contributed by atoms with Gasteiger partial charge in [0.15, 0.2) is 0 Å². The Hall–Kier alpha value is -1.30. The second-order valence-corrected chi connectivity index (χ2v) is 6.25. The van der Waals surface area contributed by atoms with Crippen molar-refractivity contribution in [3.8, 4) is 0 Å². The van der Waals surface area contributed by atoms with Crippen LogP contribution in [-0.4, -0.2) is 64.3 Å². The first-order chi connectivity index (χ1) is 8.46. The molecule has 1 fully saturated rings. The van der Waals surface area contributed by atoms with Crippen LogP contribution >= 0.6 is 0 Å². The smallest absolute Gasteiger partial charge is 0.410 e. The lowest BCUT2D eigenvalue weighted by atomic mass is 9.86. The summed E-state index contributed by atoms with van der Waals surface area (Å²) >= 11 is 0. The van der Waals surface area contributed by atoms with Crippen LogP contribution in [0.4, 0.5) is 4.79 Å². The summed E-state index contributed by atoms with van der Waals surface area (Å²) < 4.78 is 5.22. The van der Waals surface area contributed by atoms with Crippen molar-refractivity contribution in [3.05, 3.63) is 0 Å². The zero-order valence-corrected chi connectivity index (χ0v) is 12.6. The van der Waals surface area contributed by atoms with Crippen molar-refractivity contribution in [2.24, 2.45) is 0 Å². The summed E-state index contributed by atoms with van der Waals surface area (Å²) in [6.07, 6.45) is -0.435. The standard InChI is InChI=1S/C13H24N2O4/c1-9(14(6)10(2)16)13(18)7-15(8-13)11(17)19-12(3,4)5/h9,18H,7-8H2,1-6H3. The molecule has 0 aliphatic carbocycles. The van der Waals surface area contributed by atoms with Gasteiger partial charge in [0.1, 0.15) is 11.2 Å². The van der Waals surface area contributed by atoms with Crippen LogP contribution in [-0.2, 0) is 9.53 Å². The molecule has 1 unspecified atom stereocenters. The molecule has 6 heteroatoms. The van der Waals surface area contributed by atoms with Crippen molar-refractivity contribution in [1.29, 1.82) is 0 Å². The Morgan fingerprint density at radius 1 is 1.37 bits per heavy atom. The first kappa shape index (κ1) is 15.8. The van der Waals surface area contributed by atoms with E-state index >= 15 is 0 Å². The minimum Gasteiger partial charge on any atom is -0.444 e. The molecule has 0 aromatic carbocycles. The van der Waals surface area contributed by atoms with Gasteiger partial charge in [-0.05, 0) is 27.7 Å². The lowest BCUT2D eigenvalue weighted by molar-refractivity contribution is -0.152. The Morgan fingerprint density at radius 2 is 1.84 bits per heavy atom. The Kier molecular flexibility index (Phi) is 4.14. The van der Waals surface area contributed by atoms with Gasteiger partial charge in [-0.3, -0.25) is 4.79 Å². The zero-order valence-electron chi connectivity index (χ0n) is 12.6. The number of likely N-dealkylation sites (tertiary alicyclic amines) is 1. The van der Waals surface area contributed by atoms with Crippen molar-refractivity contribution >= 4 is 12.0 Å². The predicted molar refractivity (Wildman–Crippen MR) is 70.7 cm³/mol. The number of hydrogen-bond donors (Lipinski definition) is 1. The van der Waals surface area contributed by atoms with E-state index in [0.717, 1.165) is 0 Å². The number of carbonyl (C=O) groups excluding carboxylic acids is 2.